The first-order valence-corrected chi connectivity index (χ1v) is 8.19. The van der Waals surface area contributed by atoms with Gasteiger partial charge in [-0.2, -0.15) is 0 Å². The van der Waals surface area contributed by atoms with E-state index in [1.807, 2.05) is 6.92 Å². The Morgan fingerprint density at radius 1 is 0.800 bits per heavy atom. The van der Waals surface area contributed by atoms with E-state index < -0.39 is 0 Å². The van der Waals surface area contributed by atoms with Crippen molar-refractivity contribution in [3.05, 3.63) is 12.3 Å². The topological polar surface area (TPSA) is 35.5 Å². The van der Waals surface area contributed by atoms with Crippen LogP contribution < -0.4 is 0 Å². The Morgan fingerprint density at radius 3 is 1.90 bits per heavy atom. The number of aldehydes is 1. The van der Waals surface area contributed by atoms with Gasteiger partial charge in [-0.1, -0.05) is 44.9 Å². The molecule has 118 valence electrons. The first-order chi connectivity index (χ1) is 9.91. The molecule has 0 aliphatic carbocycles. The smallest absolute Gasteiger partial charge is 0.188 e. The minimum atomic E-state index is 0.361. The maximum absolute atomic E-state index is 10.1. The molecule has 0 aliphatic heterocycles. The van der Waals surface area contributed by atoms with Crippen LogP contribution in [0.1, 0.15) is 77.6 Å². The molecule has 0 atom stereocenters. The molecule has 3 heteroatoms. The minimum absolute atomic E-state index is 0.361. The Bertz CT molecular complexity index is 214. The van der Waals surface area contributed by atoms with E-state index in [1.165, 1.54) is 51.4 Å². The fourth-order valence-electron chi connectivity index (χ4n) is 2.03. The fourth-order valence-corrected chi connectivity index (χ4v) is 2.03. The molecule has 0 spiro atoms. The monoisotopic (exact) mass is 284 g/mol. The van der Waals surface area contributed by atoms with Gasteiger partial charge in [0.15, 0.2) is 6.79 Å². The average molecular weight is 284 g/mol. The summed E-state index contributed by atoms with van der Waals surface area (Å²) in [6, 6.07) is 0. The number of allylic oxidation sites excluding steroid dienone is 1. The highest BCUT2D eigenvalue weighted by Crippen LogP contribution is 2.11. The molecule has 0 unspecified atom stereocenters. The molecule has 0 aromatic rings. The molecule has 0 aliphatic rings. The first-order valence-electron chi connectivity index (χ1n) is 8.19. The van der Waals surface area contributed by atoms with Gasteiger partial charge >= 0.3 is 0 Å². The molecule has 0 aromatic carbocycles. The molecule has 3 nitrogen and oxygen atoms in total. The molecule has 0 heterocycles. The molecular weight excluding hydrogens is 252 g/mol. The molecule has 0 fully saturated rings. The largest absolute Gasteiger partial charge is 0.475 e. The van der Waals surface area contributed by atoms with Crippen LogP contribution in [0.5, 0.6) is 0 Å². The third kappa shape index (κ3) is 17.2. The predicted octanol–water partition coefficient (Wildman–Crippen LogP) is 5.00. The Balaban J connectivity index is 3.00. The molecule has 0 N–H and O–H groups in total. The summed E-state index contributed by atoms with van der Waals surface area (Å²) in [5.74, 6) is 0. The van der Waals surface area contributed by atoms with Crippen LogP contribution in [-0.2, 0) is 14.3 Å². The Kier molecular flexibility index (Phi) is 17.4. The second-order valence-corrected chi connectivity index (χ2v) is 5.08. The molecule has 0 saturated carbocycles. The number of unbranched alkanes of at least 4 members (excludes halogenated alkanes) is 10. The summed E-state index contributed by atoms with van der Waals surface area (Å²) in [5, 5.41) is 0. The summed E-state index contributed by atoms with van der Waals surface area (Å²) < 4.78 is 10.2. The summed E-state index contributed by atoms with van der Waals surface area (Å²) in [5.41, 5.74) is 0. The Labute approximate surface area is 124 Å². The van der Waals surface area contributed by atoms with Gasteiger partial charge in [0.25, 0.3) is 0 Å². The van der Waals surface area contributed by atoms with Gasteiger partial charge in [0, 0.05) is 13.0 Å². The second kappa shape index (κ2) is 18.2. The van der Waals surface area contributed by atoms with Crippen molar-refractivity contribution in [3.8, 4) is 0 Å². The standard InChI is InChI=1S/C17H32O3/c1-2-19-17-20-16-14-12-10-8-6-4-3-5-7-9-11-13-15-18/h14-16H,2-13,17H2,1H3. The number of ether oxygens (including phenoxy) is 2. The highest BCUT2D eigenvalue weighted by atomic mass is 16.7. The molecule has 20 heavy (non-hydrogen) atoms. The van der Waals surface area contributed by atoms with Crippen LogP contribution in [-0.4, -0.2) is 19.7 Å². The quantitative estimate of drug-likeness (QED) is 0.173. The average Bonchev–Trinajstić information content (AvgIpc) is 2.47. The van der Waals surface area contributed by atoms with Crippen molar-refractivity contribution in [2.45, 2.75) is 77.6 Å². The molecule has 0 amide bonds. The summed E-state index contributed by atoms with van der Waals surface area (Å²) >= 11 is 0. The Morgan fingerprint density at radius 2 is 1.35 bits per heavy atom. The van der Waals surface area contributed by atoms with Crippen LogP contribution >= 0.6 is 0 Å². The molecule has 0 radical (unpaired) electrons. The van der Waals surface area contributed by atoms with Crippen molar-refractivity contribution < 1.29 is 14.3 Å². The fraction of sp³-hybridized carbons (Fsp3) is 0.824. The van der Waals surface area contributed by atoms with E-state index in [1.54, 1.807) is 6.26 Å². The number of hydrogen-bond donors (Lipinski definition) is 0. The highest BCUT2D eigenvalue weighted by molar-refractivity contribution is 5.48. The van der Waals surface area contributed by atoms with Crippen LogP contribution in [0.4, 0.5) is 0 Å². The van der Waals surface area contributed by atoms with Crippen molar-refractivity contribution in [1.82, 2.24) is 0 Å². The normalized spacial score (nSPS) is 11.1. The molecular formula is C17H32O3. The lowest BCUT2D eigenvalue weighted by Crippen LogP contribution is -1.93. The number of hydrogen-bond acceptors (Lipinski definition) is 3. The van der Waals surface area contributed by atoms with Gasteiger partial charge in [-0.05, 0) is 32.3 Å². The zero-order valence-electron chi connectivity index (χ0n) is 13.1. The third-order valence-electron chi connectivity index (χ3n) is 3.24. The van der Waals surface area contributed by atoms with Crippen molar-refractivity contribution in [1.29, 1.82) is 0 Å². The van der Waals surface area contributed by atoms with Crippen LogP contribution in [0.15, 0.2) is 12.3 Å². The lowest BCUT2D eigenvalue weighted by Gasteiger charge is -2.01. The molecule has 0 bridgehead atoms. The zero-order chi connectivity index (χ0) is 14.7. The lowest BCUT2D eigenvalue weighted by molar-refractivity contribution is -0.107. The van der Waals surface area contributed by atoms with Crippen molar-refractivity contribution in [2.75, 3.05) is 13.4 Å². The van der Waals surface area contributed by atoms with Crippen LogP contribution in [0.2, 0.25) is 0 Å². The van der Waals surface area contributed by atoms with Crippen molar-refractivity contribution >= 4 is 6.29 Å². The van der Waals surface area contributed by atoms with E-state index in [4.69, 9.17) is 9.47 Å². The van der Waals surface area contributed by atoms with E-state index in [-0.39, 0.29) is 0 Å². The van der Waals surface area contributed by atoms with Gasteiger partial charge in [0.2, 0.25) is 0 Å². The van der Waals surface area contributed by atoms with Gasteiger partial charge in [-0.25, -0.2) is 0 Å². The van der Waals surface area contributed by atoms with Crippen molar-refractivity contribution in [3.63, 3.8) is 0 Å². The summed E-state index contributed by atoms with van der Waals surface area (Å²) in [6.07, 6.45) is 18.1. The Hall–Kier alpha value is -0.830. The van der Waals surface area contributed by atoms with Crippen LogP contribution in [0.3, 0.4) is 0 Å². The third-order valence-corrected chi connectivity index (χ3v) is 3.24. The summed E-state index contributed by atoms with van der Waals surface area (Å²) in [6.45, 7) is 3.02. The van der Waals surface area contributed by atoms with E-state index in [9.17, 15) is 4.79 Å². The molecule has 0 rings (SSSR count). The number of carbonyl (C=O) groups is 1. The summed E-state index contributed by atoms with van der Waals surface area (Å²) in [7, 11) is 0. The maximum atomic E-state index is 10.1. The highest BCUT2D eigenvalue weighted by Gasteiger charge is 1.92. The van der Waals surface area contributed by atoms with Crippen molar-refractivity contribution in [2.24, 2.45) is 0 Å². The zero-order valence-corrected chi connectivity index (χ0v) is 13.1. The van der Waals surface area contributed by atoms with Gasteiger partial charge < -0.3 is 14.3 Å². The SMILES string of the molecule is CCOCOC=CCCCCCCCCCCCC=O. The van der Waals surface area contributed by atoms with E-state index in [0.29, 0.717) is 13.4 Å². The van der Waals surface area contributed by atoms with Gasteiger partial charge in [0.1, 0.15) is 6.29 Å². The van der Waals surface area contributed by atoms with E-state index >= 15 is 0 Å². The first kappa shape index (κ1) is 19.2. The second-order valence-electron chi connectivity index (χ2n) is 5.08. The maximum Gasteiger partial charge on any atom is 0.188 e. The lowest BCUT2D eigenvalue weighted by atomic mass is 10.1. The summed E-state index contributed by atoms with van der Waals surface area (Å²) in [4.78, 5) is 10.1. The minimum Gasteiger partial charge on any atom is -0.475 e. The number of rotatable bonds is 16. The van der Waals surface area contributed by atoms with E-state index in [0.717, 1.165) is 25.5 Å². The molecule has 0 aromatic heterocycles. The van der Waals surface area contributed by atoms with E-state index in [2.05, 4.69) is 6.08 Å². The molecule has 0 saturated heterocycles. The van der Waals surface area contributed by atoms with Crippen LogP contribution in [0.25, 0.3) is 0 Å². The van der Waals surface area contributed by atoms with Gasteiger partial charge in [-0.15, -0.1) is 0 Å². The van der Waals surface area contributed by atoms with Gasteiger partial charge in [0.05, 0.1) is 6.26 Å². The number of carbonyl (C=O) groups excluding carboxylic acids is 1. The predicted molar refractivity (Wildman–Crippen MR) is 83.6 cm³/mol. The van der Waals surface area contributed by atoms with Gasteiger partial charge in [-0.3, -0.25) is 0 Å². The van der Waals surface area contributed by atoms with Crippen LogP contribution in [0, 0.1) is 0 Å².